The molecule has 1 aromatic rings. The molecule has 0 aliphatic heterocycles. The van der Waals surface area contributed by atoms with Crippen LogP contribution in [-0.4, -0.2) is 37.1 Å². The second kappa shape index (κ2) is 9.62. The van der Waals surface area contributed by atoms with E-state index in [1.165, 1.54) is 0 Å². The van der Waals surface area contributed by atoms with Gasteiger partial charge in [-0.2, -0.15) is 0 Å². The van der Waals surface area contributed by atoms with E-state index in [-0.39, 0.29) is 0 Å². The van der Waals surface area contributed by atoms with Crippen LogP contribution in [0.15, 0.2) is 18.2 Å². The zero-order valence-corrected chi connectivity index (χ0v) is 14.3. The van der Waals surface area contributed by atoms with Crippen LogP contribution in [0.5, 0.6) is 0 Å². The molecule has 1 atom stereocenters. The quantitative estimate of drug-likeness (QED) is 0.732. The van der Waals surface area contributed by atoms with Crippen molar-refractivity contribution in [3.63, 3.8) is 0 Å². The Morgan fingerprint density at radius 1 is 1.15 bits per heavy atom. The van der Waals surface area contributed by atoms with Crippen molar-refractivity contribution in [1.82, 2.24) is 10.2 Å². The van der Waals surface area contributed by atoms with E-state index < -0.39 is 0 Å². The third kappa shape index (κ3) is 5.61. The molecule has 0 aliphatic carbocycles. The molecule has 20 heavy (non-hydrogen) atoms. The number of rotatable bonds is 9. The van der Waals surface area contributed by atoms with E-state index in [0.29, 0.717) is 16.1 Å². The lowest BCUT2D eigenvalue weighted by atomic mass is 10.0. The minimum atomic E-state index is 0.441. The summed E-state index contributed by atoms with van der Waals surface area (Å²) in [7, 11) is 0. The summed E-state index contributed by atoms with van der Waals surface area (Å²) in [5.41, 5.74) is 1.13. The normalized spacial score (nSPS) is 12.9. The van der Waals surface area contributed by atoms with Gasteiger partial charge in [-0.05, 0) is 50.7 Å². The Hall–Kier alpha value is -0.280. The Bertz CT molecular complexity index is 392. The minimum Gasteiger partial charge on any atom is -0.314 e. The van der Waals surface area contributed by atoms with Crippen LogP contribution in [0, 0.1) is 0 Å². The summed E-state index contributed by atoms with van der Waals surface area (Å²) in [5, 5.41) is 4.89. The lowest BCUT2D eigenvalue weighted by molar-refractivity contribution is 0.281. The number of halogens is 2. The molecule has 1 aromatic carbocycles. The lowest BCUT2D eigenvalue weighted by Gasteiger charge is -2.24. The zero-order valence-electron chi connectivity index (χ0n) is 12.8. The van der Waals surface area contributed by atoms with Gasteiger partial charge in [0.15, 0.2) is 0 Å². The van der Waals surface area contributed by atoms with E-state index in [9.17, 15) is 0 Å². The summed E-state index contributed by atoms with van der Waals surface area (Å²) >= 11 is 12.4. The smallest absolute Gasteiger partial charge is 0.0624 e. The fraction of sp³-hybridized carbons (Fsp3) is 0.625. The van der Waals surface area contributed by atoms with Crippen molar-refractivity contribution < 1.29 is 0 Å². The fourth-order valence-electron chi connectivity index (χ4n) is 2.41. The third-order valence-corrected chi connectivity index (χ3v) is 4.54. The molecule has 0 aliphatic rings. The molecule has 0 amide bonds. The maximum atomic E-state index is 6.28. The highest BCUT2D eigenvalue weighted by Gasteiger charge is 2.13. The average molecular weight is 317 g/mol. The molecule has 1 N–H and O–H groups in total. The summed E-state index contributed by atoms with van der Waals surface area (Å²) in [6, 6.07) is 6.31. The van der Waals surface area contributed by atoms with Gasteiger partial charge < -0.3 is 10.2 Å². The SMILES string of the molecule is CCNC(CCN(CC)CC)Cc1cccc(Cl)c1Cl. The topological polar surface area (TPSA) is 15.3 Å². The van der Waals surface area contributed by atoms with E-state index in [1.54, 1.807) is 0 Å². The monoisotopic (exact) mass is 316 g/mol. The number of nitrogens with zero attached hydrogens (tertiary/aromatic N) is 1. The van der Waals surface area contributed by atoms with Crippen molar-refractivity contribution in [3.8, 4) is 0 Å². The van der Waals surface area contributed by atoms with Crippen LogP contribution in [0.4, 0.5) is 0 Å². The van der Waals surface area contributed by atoms with Crippen LogP contribution in [-0.2, 0) is 6.42 Å². The minimum absolute atomic E-state index is 0.441. The summed E-state index contributed by atoms with van der Waals surface area (Å²) < 4.78 is 0. The van der Waals surface area contributed by atoms with Crippen molar-refractivity contribution in [3.05, 3.63) is 33.8 Å². The standard InChI is InChI=1S/C16H26Cl2N2/c1-4-19-14(10-11-20(5-2)6-3)12-13-8-7-9-15(17)16(13)18/h7-9,14,19H,4-6,10-12H2,1-3H3. The van der Waals surface area contributed by atoms with Crippen LogP contribution in [0.25, 0.3) is 0 Å². The number of likely N-dealkylation sites (N-methyl/N-ethyl adjacent to an activating group) is 1. The fourth-order valence-corrected chi connectivity index (χ4v) is 2.81. The van der Waals surface area contributed by atoms with Crippen LogP contribution < -0.4 is 5.32 Å². The average Bonchev–Trinajstić information content (AvgIpc) is 2.45. The van der Waals surface area contributed by atoms with Gasteiger partial charge >= 0.3 is 0 Å². The lowest BCUT2D eigenvalue weighted by Crippen LogP contribution is -2.35. The number of hydrogen-bond acceptors (Lipinski definition) is 2. The Morgan fingerprint density at radius 3 is 2.45 bits per heavy atom. The first-order valence-corrected chi connectivity index (χ1v) is 8.26. The van der Waals surface area contributed by atoms with Crippen molar-refractivity contribution in [2.24, 2.45) is 0 Å². The molecule has 114 valence electrons. The van der Waals surface area contributed by atoms with Crippen LogP contribution >= 0.6 is 23.2 Å². The van der Waals surface area contributed by atoms with E-state index in [4.69, 9.17) is 23.2 Å². The molecule has 0 bridgehead atoms. The molecule has 0 spiro atoms. The summed E-state index contributed by atoms with van der Waals surface area (Å²) in [6.07, 6.45) is 2.05. The van der Waals surface area contributed by atoms with Gasteiger partial charge in [0.25, 0.3) is 0 Å². The second-order valence-corrected chi connectivity index (χ2v) is 5.77. The highest BCUT2D eigenvalue weighted by Crippen LogP contribution is 2.26. The van der Waals surface area contributed by atoms with Crippen molar-refractivity contribution in [1.29, 1.82) is 0 Å². The van der Waals surface area contributed by atoms with Crippen molar-refractivity contribution in [2.75, 3.05) is 26.2 Å². The molecule has 0 radical (unpaired) electrons. The number of benzene rings is 1. The third-order valence-electron chi connectivity index (χ3n) is 3.68. The highest BCUT2D eigenvalue weighted by molar-refractivity contribution is 6.42. The maximum absolute atomic E-state index is 6.28. The van der Waals surface area contributed by atoms with Gasteiger partial charge in [0.05, 0.1) is 10.0 Å². The summed E-state index contributed by atoms with van der Waals surface area (Å²) in [6.45, 7) is 10.9. The molecule has 2 nitrogen and oxygen atoms in total. The van der Waals surface area contributed by atoms with Crippen LogP contribution in [0.1, 0.15) is 32.8 Å². The number of nitrogens with one attached hydrogen (secondary N) is 1. The van der Waals surface area contributed by atoms with Gasteiger partial charge in [-0.25, -0.2) is 0 Å². The predicted octanol–water partition coefficient (Wildman–Crippen LogP) is 4.25. The molecule has 4 heteroatoms. The van der Waals surface area contributed by atoms with E-state index in [0.717, 1.165) is 44.6 Å². The first-order valence-electron chi connectivity index (χ1n) is 7.50. The molecule has 1 rings (SSSR count). The molecule has 0 heterocycles. The second-order valence-electron chi connectivity index (χ2n) is 4.99. The Balaban J connectivity index is 2.64. The van der Waals surface area contributed by atoms with Gasteiger partial charge in [-0.3, -0.25) is 0 Å². The molecular formula is C16H26Cl2N2. The Morgan fingerprint density at radius 2 is 1.85 bits per heavy atom. The highest BCUT2D eigenvalue weighted by atomic mass is 35.5. The zero-order chi connectivity index (χ0) is 15.0. The molecule has 0 fully saturated rings. The molecular weight excluding hydrogens is 291 g/mol. The molecule has 0 saturated carbocycles. The van der Waals surface area contributed by atoms with Crippen molar-refractivity contribution >= 4 is 23.2 Å². The van der Waals surface area contributed by atoms with E-state index in [1.807, 2.05) is 12.1 Å². The van der Waals surface area contributed by atoms with Crippen LogP contribution in [0.3, 0.4) is 0 Å². The maximum Gasteiger partial charge on any atom is 0.0624 e. The molecule has 1 unspecified atom stereocenters. The van der Waals surface area contributed by atoms with Gasteiger partial charge in [0, 0.05) is 6.04 Å². The predicted molar refractivity (Wildman–Crippen MR) is 90.0 cm³/mol. The largest absolute Gasteiger partial charge is 0.314 e. The Labute approximate surface area is 133 Å². The van der Waals surface area contributed by atoms with E-state index in [2.05, 4.69) is 37.1 Å². The van der Waals surface area contributed by atoms with Crippen LogP contribution in [0.2, 0.25) is 10.0 Å². The molecule has 0 aromatic heterocycles. The first kappa shape index (κ1) is 17.8. The van der Waals surface area contributed by atoms with Gasteiger partial charge in [0.2, 0.25) is 0 Å². The van der Waals surface area contributed by atoms with E-state index >= 15 is 0 Å². The Kier molecular flexibility index (Phi) is 8.55. The van der Waals surface area contributed by atoms with Gasteiger partial charge in [0.1, 0.15) is 0 Å². The number of hydrogen-bond donors (Lipinski definition) is 1. The van der Waals surface area contributed by atoms with Crippen molar-refractivity contribution in [2.45, 2.75) is 39.7 Å². The van der Waals surface area contributed by atoms with Gasteiger partial charge in [-0.15, -0.1) is 0 Å². The first-order chi connectivity index (χ1) is 9.62. The summed E-state index contributed by atoms with van der Waals surface area (Å²) in [4.78, 5) is 2.45. The molecule has 0 saturated heterocycles. The summed E-state index contributed by atoms with van der Waals surface area (Å²) in [5.74, 6) is 0. The van der Waals surface area contributed by atoms with Gasteiger partial charge in [-0.1, -0.05) is 56.1 Å².